The van der Waals surface area contributed by atoms with E-state index in [9.17, 15) is 0 Å². The molecule has 10 heavy (non-hydrogen) atoms. The highest BCUT2D eigenvalue weighted by molar-refractivity contribution is 6.68. The van der Waals surface area contributed by atoms with Gasteiger partial charge in [-0.2, -0.15) is 0 Å². The van der Waals surface area contributed by atoms with Crippen LogP contribution in [0.4, 0.5) is 0 Å². The molecule has 0 fully saturated rings. The second-order valence-corrected chi connectivity index (χ2v) is 2.30. The van der Waals surface area contributed by atoms with Crippen LogP contribution in [0.2, 0.25) is 0 Å². The molecule has 0 aliphatic rings. The van der Waals surface area contributed by atoms with Crippen LogP contribution < -0.4 is 5.32 Å². The van der Waals surface area contributed by atoms with Gasteiger partial charge in [0.2, 0.25) is 0 Å². The van der Waals surface area contributed by atoms with Crippen molar-refractivity contribution in [2.24, 2.45) is 0 Å². The summed E-state index contributed by atoms with van der Waals surface area (Å²) in [6.45, 7) is 1.85. The zero-order chi connectivity index (χ0) is 7.98. The van der Waals surface area contributed by atoms with Gasteiger partial charge in [0.1, 0.15) is 10.3 Å². The molecule has 0 aliphatic carbocycles. The van der Waals surface area contributed by atoms with Gasteiger partial charge in [0.05, 0.1) is 0 Å². The van der Waals surface area contributed by atoms with E-state index >= 15 is 0 Å². The summed E-state index contributed by atoms with van der Waals surface area (Å²) in [5, 5.41) is 9.72. The molecule has 0 rings (SSSR count). The standard InChI is InChI=1S/C6H8Cl2N2/c1-2-3-10-6(8)4-5(7)9/h2-4,9-10H,1H3/b3-2?,6-4-,9-5?. The number of rotatable bonds is 3. The SMILES string of the molecule is CC=CN/C(Cl)=C\C(=N)Cl. The molecular formula is C6H8Cl2N2. The Balaban J connectivity index is 3.82. The largest absolute Gasteiger partial charge is 0.353 e. The maximum atomic E-state index is 6.80. The van der Waals surface area contributed by atoms with Crippen LogP contribution >= 0.6 is 23.2 Å². The molecule has 0 bridgehead atoms. The third-order valence-corrected chi connectivity index (χ3v) is 0.969. The topological polar surface area (TPSA) is 35.9 Å². The van der Waals surface area contributed by atoms with Crippen molar-refractivity contribution in [1.29, 1.82) is 5.41 Å². The highest BCUT2D eigenvalue weighted by Crippen LogP contribution is 1.97. The zero-order valence-electron chi connectivity index (χ0n) is 5.49. The van der Waals surface area contributed by atoms with Crippen molar-refractivity contribution in [3.8, 4) is 0 Å². The fraction of sp³-hybridized carbons (Fsp3) is 0.167. The Morgan fingerprint density at radius 1 is 1.50 bits per heavy atom. The smallest absolute Gasteiger partial charge is 0.123 e. The Morgan fingerprint density at radius 2 is 2.10 bits per heavy atom. The molecule has 0 saturated carbocycles. The lowest BCUT2D eigenvalue weighted by molar-refractivity contribution is 1.16. The Labute approximate surface area is 70.0 Å². The Bertz CT molecular complexity index is 173. The maximum Gasteiger partial charge on any atom is 0.123 e. The van der Waals surface area contributed by atoms with Crippen LogP contribution in [-0.2, 0) is 0 Å². The Morgan fingerprint density at radius 3 is 2.50 bits per heavy atom. The van der Waals surface area contributed by atoms with Crippen molar-refractivity contribution in [2.45, 2.75) is 6.92 Å². The summed E-state index contributed by atoms with van der Waals surface area (Å²) in [5.41, 5.74) is 0. The summed E-state index contributed by atoms with van der Waals surface area (Å²) in [5.74, 6) is 0. The molecule has 2 nitrogen and oxygen atoms in total. The molecule has 0 atom stereocenters. The Hall–Kier alpha value is -0.470. The Kier molecular flexibility index (Phi) is 5.08. The molecule has 4 heteroatoms. The second-order valence-electron chi connectivity index (χ2n) is 1.48. The molecule has 0 spiro atoms. The molecule has 0 radical (unpaired) electrons. The summed E-state index contributed by atoms with van der Waals surface area (Å²) in [4.78, 5) is 0. The maximum absolute atomic E-state index is 6.80. The zero-order valence-corrected chi connectivity index (χ0v) is 7.00. The lowest BCUT2D eigenvalue weighted by Crippen LogP contribution is -1.99. The molecule has 0 aliphatic heterocycles. The summed E-state index contributed by atoms with van der Waals surface area (Å²) in [6.07, 6.45) is 4.75. The average molecular weight is 179 g/mol. The van der Waals surface area contributed by atoms with Crippen LogP contribution in [0.15, 0.2) is 23.5 Å². The molecule has 56 valence electrons. The van der Waals surface area contributed by atoms with Crippen LogP contribution in [0.5, 0.6) is 0 Å². The molecule has 0 amide bonds. The van der Waals surface area contributed by atoms with Crippen LogP contribution in [0.1, 0.15) is 6.92 Å². The van der Waals surface area contributed by atoms with Gasteiger partial charge in [-0.05, 0) is 13.1 Å². The fourth-order valence-corrected chi connectivity index (χ4v) is 0.653. The summed E-state index contributed by atoms with van der Waals surface area (Å²) in [7, 11) is 0. The van der Waals surface area contributed by atoms with Crippen molar-refractivity contribution in [3.05, 3.63) is 23.5 Å². The van der Waals surface area contributed by atoms with Crippen LogP contribution in [0.25, 0.3) is 0 Å². The monoisotopic (exact) mass is 178 g/mol. The molecule has 0 heterocycles. The molecule has 2 N–H and O–H groups in total. The van der Waals surface area contributed by atoms with E-state index in [1.165, 1.54) is 6.08 Å². The molecule has 0 aromatic rings. The van der Waals surface area contributed by atoms with Gasteiger partial charge in [-0.15, -0.1) is 0 Å². The number of hydrogen-bond donors (Lipinski definition) is 2. The number of allylic oxidation sites excluding steroid dienone is 2. The van der Waals surface area contributed by atoms with E-state index in [1.807, 2.05) is 6.92 Å². The van der Waals surface area contributed by atoms with Gasteiger partial charge in [0, 0.05) is 6.08 Å². The summed E-state index contributed by atoms with van der Waals surface area (Å²) >= 11 is 10.7. The summed E-state index contributed by atoms with van der Waals surface area (Å²) in [6, 6.07) is 0. The molecule has 0 aromatic heterocycles. The van der Waals surface area contributed by atoms with Gasteiger partial charge in [-0.3, -0.25) is 5.41 Å². The average Bonchev–Trinajstić information content (AvgIpc) is 1.82. The van der Waals surface area contributed by atoms with E-state index in [4.69, 9.17) is 28.6 Å². The minimum atomic E-state index is -0.0954. The number of hydrogen-bond acceptors (Lipinski definition) is 2. The van der Waals surface area contributed by atoms with E-state index in [0.29, 0.717) is 5.16 Å². The van der Waals surface area contributed by atoms with Crippen molar-refractivity contribution in [1.82, 2.24) is 5.32 Å². The van der Waals surface area contributed by atoms with Crippen molar-refractivity contribution in [2.75, 3.05) is 0 Å². The van der Waals surface area contributed by atoms with Crippen molar-refractivity contribution < 1.29 is 0 Å². The van der Waals surface area contributed by atoms with E-state index in [1.54, 1.807) is 12.3 Å². The highest BCUT2D eigenvalue weighted by atomic mass is 35.5. The first-order chi connectivity index (χ1) is 4.66. The molecule has 0 aromatic carbocycles. The predicted molar refractivity (Wildman–Crippen MR) is 45.5 cm³/mol. The minimum Gasteiger partial charge on any atom is -0.353 e. The molecular weight excluding hydrogens is 171 g/mol. The highest BCUT2D eigenvalue weighted by Gasteiger charge is 1.87. The normalized spacial score (nSPS) is 12.1. The second kappa shape index (κ2) is 5.33. The van der Waals surface area contributed by atoms with Gasteiger partial charge < -0.3 is 5.32 Å². The van der Waals surface area contributed by atoms with Crippen LogP contribution in [-0.4, -0.2) is 5.17 Å². The van der Waals surface area contributed by atoms with Gasteiger partial charge in [-0.1, -0.05) is 29.3 Å². The van der Waals surface area contributed by atoms with Crippen LogP contribution in [0.3, 0.4) is 0 Å². The van der Waals surface area contributed by atoms with E-state index in [0.717, 1.165) is 0 Å². The van der Waals surface area contributed by atoms with Gasteiger partial charge in [0.25, 0.3) is 0 Å². The van der Waals surface area contributed by atoms with Gasteiger partial charge in [0.15, 0.2) is 0 Å². The van der Waals surface area contributed by atoms with Crippen molar-refractivity contribution >= 4 is 28.4 Å². The van der Waals surface area contributed by atoms with E-state index in [-0.39, 0.29) is 5.17 Å². The lowest BCUT2D eigenvalue weighted by Gasteiger charge is -1.93. The van der Waals surface area contributed by atoms with E-state index in [2.05, 4.69) is 5.32 Å². The quantitative estimate of drug-likeness (QED) is 0.506. The fourth-order valence-electron chi connectivity index (χ4n) is 0.316. The first-order valence-corrected chi connectivity index (χ1v) is 3.41. The van der Waals surface area contributed by atoms with Gasteiger partial charge in [-0.25, -0.2) is 0 Å². The minimum absolute atomic E-state index is 0.0954. The predicted octanol–water partition coefficient (Wildman–Crippen LogP) is 2.41. The van der Waals surface area contributed by atoms with Crippen LogP contribution in [0, 0.1) is 5.41 Å². The third-order valence-electron chi connectivity index (χ3n) is 0.641. The molecule has 0 unspecified atom stereocenters. The van der Waals surface area contributed by atoms with Crippen molar-refractivity contribution in [3.63, 3.8) is 0 Å². The van der Waals surface area contributed by atoms with Gasteiger partial charge >= 0.3 is 0 Å². The lowest BCUT2D eigenvalue weighted by atomic mass is 10.6. The summed E-state index contributed by atoms with van der Waals surface area (Å²) < 4.78 is 0. The third kappa shape index (κ3) is 5.66. The number of halogens is 2. The first kappa shape index (κ1) is 9.53. The number of nitrogens with one attached hydrogen (secondary N) is 2. The first-order valence-electron chi connectivity index (χ1n) is 2.65. The molecule has 0 saturated heterocycles. The van der Waals surface area contributed by atoms with E-state index < -0.39 is 0 Å².